The maximum Gasteiger partial charge on any atom is 0.242 e. The van der Waals surface area contributed by atoms with E-state index in [2.05, 4.69) is 17.0 Å². The molecule has 0 atom stereocenters. The summed E-state index contributed by atoms with van der Waals surface area (Å²) >= 11 is 0. The highest BCUT2D eigenvalue weighted by atomic mass is 35.5. The van der Waals surface area contributed by atoms with Crippen LogP contribution in [0.15, 0.2) is 30.3 Å². The molecule has 6 heteroatoms. The Morgan fingerprint density at radius 1 is 1.05 bits per heavy atom. The second-order valence-corrected chi connectivity index (χ2v) is 5.69. The molecule has 0 radical (unpaired) electrons. The lowest BCUT2D eigenvalue weighted by molar-refractivity contribution is -0.135. The van der Waals surface area contributed by atoms with Crippen LogP contribution < -0.4 is 10.6 Å². The van der Waals surface area contributed by atoms with E-state index in [1.54, 1.807) is 13.8 Å². The van der Waals surface area contributed by atoms with E-state index in [0.29, 0.717) is 0 Å². The third-order valence-corrected chi connectivity index (χ3v) is 3.46. The molecule has 4 nitrogen and oxygen atoms in total. The Bertz CT molecular complexity index is 434. The molecule has 120 valence electrons. The maximum atomic E-state index is 12.2. The third kappa shape index (κ3) is 5.38. The Morgan fingerprint density at radius 3 is 2.24 bits per heavy atom. The van der Waals surface area contributed by atoms with Crippen molar-refractivity contribution < 1.29 is 4.79 Å². The number of hydrogen-bond acceptors (Lipinski definition) is 3. The van der Waals surface area contributed by atoms with Gasteiger partial charge in [0, 0.05) is 31.9 Å². The fourth-order valence-corrected chi connectivity index (χ4v) is 2.43. The van der Waals surface area contributed by atoms with Gasteiger partial charge in [0.1, 0.15) is 0 Å². The Balaban J connectivity index is 0.00000200. The fourth-order valence-electron chi connectivity index (χ4n) is 2.43. The first-order chi connectivity index (χ1) is 8.98. The number of carbonyl (C=O) groups excluding carboxylic acids is 1. The molecule has 1 fully saturated rings. The van der Waals surface area contributed by atoms with Gasteiger partial charge in [0.2, 0.25) is 5.91 Å². The molecule has 0 aromatic heterocycles. The number of carbonyl (C=O) groups is 1. The smallest absolute Gasteiger partial charge is 0.242 e. The normalized spacial score (nSPS) is 15.6. The topological polar surface area (TPSA) is 49.6 Å². The predicted molar refractivity (Wildman–Crippen MR) is 92.6 cm³/mol. The zero-order valence-electron chi connectivity index (χ0n) is 12.6. The lowest BCUT2D eigenvalue weighted by Crippen LogP contribution is -2.52. The van der Waals surface area contributed by atoms with Crippen molar-refractivity contribution in [3.8, 4) is 0 Å². The number of hydrogen-bond donors (Lipinski definition) is 1. The SMILES string of the molecule is CC(C)(N)C(=O)N1CCCN(c2ccccc2)CC1.Cl.Cl. The lowest BCUT2D eigenvalue weighted by Gasteiger charge is -2.28. The van der Waals surface area contributed by atoms with Crippen LogP contribution in [0.2, 0.25) is 0 Å². The van der Waals surface area contributed by atoms with Gasteiger partial charge in [-0.25, -0.2) is 0 Å². The van der Waals surface area contributed by atoms with E-state index in [-0.39, 0.29) is 30.7 Å². The van der Waals surface area contributed by atoms with Crippen molar-refractivity contribution in [2.75, 3.05) is 31.1 Å². The summed E-state index contributed by atoms with van der Waals surface area (Å²) in [7, 11) is 0. The largest absolute Gasteiger partial charge is 0.370 e. The number of benzene rings is 1. The molecular weight excluding hydrogens is 309 g/mol. The second-order valence-electron chi connectivity index (χ2n) is 5.69. The Morgan fingerprint density at radius 2 is 1.67 bits per heavy atom. The van der Waals surface area contributed by atoms with Gasteiger partial charge in [-0.3, -0.25) is 4.79 Å². The Kier molecular flexibility index (Phi) is 8.08. The summed E-state index contributed by atoms with van der Waals surface area (Å²) in [5.74, 6) is 0.0439. The summed E-state index contributed by atoms with van der Waals surface area (Å²) in [6.07, 6.45) is 0.983. The minimum absolute atomic E-state index is 0. The molecule has 2 rings (SSSR count). The number of halogens is 2. The molecule has 1 aliphatic rings. The lowest BCUT2D eigenvalue weighted by atomic mass is 10.1. The van der Waals surface area contributed by atoms with Gasteiger partial charge in [-0.15, -0.1) is 24.8 Å². The molecule has 2 N–H and O–H groups in total. The van der Waals surface area contributed by atoms with Crippen LogP contribution in [0.25, 0.3) is 0 Å². The van der Waals surface area contributed by atoms with Crippen molar-refractivity contribution in [3.63, 3.8) is 0 Å². The van der Waals surface area contributed by atoms with Crippen LogP contribution in [0.4, 0.5) is 5.69 Å². The summed E-state index contributed by atoms with van der Waals surface area (Å²) in [4.78, 5) is 16.4. The maximum absolute atomic E-state index is 12.2. The molecule has 21 heavy (non-hydrogen) atoms. The summed E-state index contributed by atoms with van der Waals surface area (Å²) in [5, 5.41) is 0. The van der Waals surface area contributed by atoms with Crippen LogP contribution in [-0.4, -0.2) is 42.5 Å². The standard InChI is InChI=1S/C15H23N3O.2ClH/c1-15(2,16)14(19)18-10-6-9-17(11-12-18)13-7-4-3-5-8-13;;/h3-5,7-8H,6,9-12,16H2,1-2H3;2*1H. The van der Waals surface area contributed by atoms with E-state index in [4.69, 9.17) is 5.73 Å². The molecule has 1 aliphatic heterocycles. The van der Waals surface area contributed by atoms with Gasteiger partial charge in [-0.05, 0) is 32.4 Å². The van der Waals surface area contributed by atoms with Crippen molar-refractivity contribution in [1.82, 2.24) is 4.90 Å². The minimum Gasteiger partial charge on any atom is -0.370 e. The molecule has 0 unspecified atom stereocenters. The third-order valence-electron chi connectivity index (χ3n) is 3.46. The van der Waals surface area contributed by atoms with Crippen LogP contribution in [-0.2, 0) is 4.79 Å². The number of nitrogens with two attached hydrogens (primary N) is 1. The van der Waals surface area contributed by atoms with Gasteiger partial charge >= 0.3 is 0 Å². The molecule has 0 bridgehead atoms. The van der Waals surface area contributed by atoms with Gasteiger partial charge in [-0.2, -0.15) is 0 Å². The molecule has 0 aliphatic carbocycles. The van der Waals surface area contributed by atoms with Crippen molar-refractivity contribution in [2.45, 2.75) is 25.8 Å². The Labute approximate surface area is 139 Å². The molecule has 1 amide bonds. The summed E-state index contributed by atoms with van der Waals surface area (Å²) in [6.45, 7) is 6.94. The highest BCUT2D eigenvalue weighted by Gasteiger charge is 2.29. The predicted octanol–water partition coefficient (Wildman–Crippen LogP) is 2.31. The fraction of sp³-hybridized carbons (Fsp3) is 0.533. The van der Waals surface area contributed by atoms with Crippen molar-refractivity contribution >= 4 is 36.4 Å². The number of rotatable bonds is 2. The number of para-hydroxylation sites is 1. The van der Waals surface area contributed by atoms with Crippen molar-refractivity contribution in [3.05, 3.63) is 30.3 Å². The van der Waals surface area contributed by atoms with Gasteiger partial charge in [-0.1, -0.05) is 18.2 Å². The summed E-state index contributed by atoms with van der Waals surface area (Å²) in [5.41, 5.74) is 6.35. The van der Waals surface area contributed by atoms with Crippen LogP contribution in [0.3, 0.4) is 0 Å². The highest BCUT2D eigenvalue weighted by molar-refractivity contribution is 5.86. The minimum atomic E-state index is -0.776. The molecular formula is C15H25Cl2N3O. The number of anilines is 1. The monoisotopic (exact) mass is 333 g/mol. The van der Waals surface area contributed by atoms with Crippen molar-refractivity contribution in [1.29, 1.82) is 0 Å². The highest BCUT2D eigenvalue weighted by Crippen LogP contribution is 2.16. The van der Waals surface area contributed by atoms with Gasteiger partial charge < -0.3 is 15.5 Å². The summed E-state index contributed by atoms with van der Waals surface area (Å²) in [6, 6.07) is 10.3. The van der Waals surface area contributed by atoms with Crippen LogP contribution in [0.5, 0.6) is 0 Å². The number of nitrogens with zero attached hydrogens (tertiary/aromatic N) is 2. The van der Waals surface area contributed by atoms with Gasteiger partial charge in [0.25, 0.3) is 0 Å². The summed E-state index contributed by atoms with van der Waals surface area (Å²) < 4.78 is 0. The molecule has 1 heterocycles. The first-order valence-electron chi connectivity index (χ1n) is 6.87. The number of amides is 1. The van der Waals surface area contributed by atoms with E-state index in [1.807, 2.05) is 23.1 Å². The van der Waals surface area contributed by atoms with E-state index >= 15 is 0 Å². The van der Waals surface area contributed by atoms with E-state index in [9.17, 15) is 4.79 Å². The van der Waals surface area contributed by atoms with Crippen LogP contribution >= 0.6 is 24.8 Å². The second kappa shape index (κ2) is 8.47. The zero-order valence-corrected chi connectivity index (χ0v) is 14.3. The molecule has 1 aromatic rings. The first-order valence-corrected chi connectivity index (χ1v) is 6.87. The van der Waals surface area contributed by atoms with E-state index < -0.39 is 5.54 Å². The average molecular weight is 334 g/mol. The molecule has 1 aromatic carbocycles. The van der Waals surface area contributed by atoms with Crippen molar-refractivity contribution in [2.24, 2.45) is 5.73 Å². The molecule has 0 spiro atoms. The van der Waals surface area contributed by atoms with Crippen LogP contribution in [0, 0.1) is 0 Å². The van der Waals surface area contributed by atoms with Gasteiger partial charge in [0.15, 0.2) is 0 Å². The molecule has 0 saturated carbocycles. The van der Waals surface area contributed by atoms with Crippen LogP contribution in [0.1, 0.15) is 20.3 Å². The van der Waals surface area contributed by atoms with Gasteiger partial charge in [0.05, 0.1) is 5.54 Å². The average Bonchev–Trinajstić information content (AvgIpc) is 2.63. The Hall–Kier alpha value is -0.970. The quantitative estimate of drug-likeness (QED) is 0.903. The molecule has 1 saturated heterocycles. The first kappa shape index (κ1) is 20.0. The zero-order chi connectivity index (χ0) is 13.9. The van der Waals surface area contributed by atoms with E-state index in [1.165, 1.54) is 5.69 Å². The van der Waals surface area contributed by atoms with E-state index in [0.717, 1.165) is 32.6 Å².